The van der Waals surface area contributed by atoms with Gasteiger partial charge < -0.3 is 5.32 Å². The smallest absolute Gasteiger partial charge is 0.270 e. The van der Waals surface area contributed by atoms with E-state index in [-0.39, 0.29) is 18.3 Å². The molecule has 0 spiro atoms. The van der Waals surface area contributed by atoms with E-state index >= 15 is 0 Å². The molecule has 29 heavy (non-hydrogen) atoms. The number of benzene rings is 2. The van der Waals surface area contributed by atoms with Gasteiger partial charge in [-0.2, -0.15) is 5.10 Å². The van der Waals surface area contributed by atoms with E-state index in [1.54, 1.807) is 30.5 Å². The van der Waals surface area contributed by atoms with E-state index < -0.39 is 0 Å². The summed E-state index contributed by atoms with van der Waals surface area (Å²) in [7, 11) is 0. The van der Waals surface area contributed by atoms with Gasteiger partial charge >= 0.3 is 0 Å². The molecule has 1 N–H and O–H groups in total. The Balaban J connectivity index is 1.71. The Morgan fingerprint density at radius 1 is 1.03 bits per heavy atom. The lowest BCUT2D eigenvalue weighted by molar-refractivity contribution is 0.0942. The van der Waals surface area contributed by atoms with Crippen LogP contribution < -0.4 is 5.32 Å². The van der Waals surface area contributed by atoms with Crippen LogP contribution in [0.5, 0.6) is 0 Å². The topological polar surface area (TPSA) is 59.8 Å². The maximum absolute atomic E-state index is 14.3. The highest BCUT2D eigenvalue weighted by atomic mass is 19.1. The van der Waals surface area contributed by atoms with E-state index in [1.165, 1.54) is 10.7 Å². The first kappa shape index (κ1) is 18.6. The molecule has 0 fully saturated rings. The number of halogens is 1. The zero-order chi connectivity index (χ0) is 20.2. The van der Waals surface area contributed by atoms with Crippen LogP contribution in [0.1, 0.15) is 21.7 Å². The minimum Gasteiger partial charge on any atom is -0.345 e. The summed E-state index contributed by atoms with van der Waals surface area (Å²) < 4.78 is 15.8. The Hall–Kier alpha value is -3.80. The number of rotatable bonds is 5. The summed E-state index contributed by atoms with van der Waals surface area (Å²) in [4.78, 5) is 17.1. The molecular weight excluding hydrogens is 367 g/mol. The van der Waals surface area contributed by atoms with Crippen molar-refractivity contribution in [3.8, 4) is 16.9 Å². The first-order chi connectivity index (χ1) is 14.1. The largest absolute Gasteiger partial charge is 0.345 e. The number of hydrogen-bond donors (Lipinski definition) is 1. The summed E-state index contributed by atoms with van der Waals surface area (Å²) in [6, 6.07) is 21.1. The van der Waals surface area contributed by atoms with Crippen LogP contribution >= 0.6 is 0 Å². The van der Waals surface area contributed by atoms with Gasteiger partial charge in [-0.1, -0.05) is 35.9 Å². The van der Waals surface area contributed by atoms with Crippen LogP contribution in [0.15, 0.2) is 79.0 Å². The van der Waals surface area contributed by atoms with Crippen molar-refractivity contribution in [1.82, 2.24) is 20.1 Å². The Kier molecular flexibility index (Phi) is 5.16. The number of pyridine rings is 1. The molecule has 4 aromatic rings. The van der Waals surface area contributed by atoms with Gasteiger partial charge in [0.25, 0.3) is 5.91 Å². The molecule has 0 saturated heterocycles. The van der Waals surface area contributed by atoms with Crippen LogP contribution in [0.4, 0.5) is 4.39 Å². The minimum atomic E-state index is -0.388. The molecule has 4 rings (SSSR count). The lowest BCUT2D eigenvalue weighted by Gasteiger charge is -2.08. The molecule has 0 aliphatic rings. The third-order valence-electron chi connectivity index (χ3n) is 4.53. The highest BCUT2D eigenvalue weighted by Crippen LogP contribution is 2.24. The van der Waals surface area contributed by atoms with Gasteiger partial charge in [0.2, 0.25) is 0 Å². The van der Waals surface area contributed by atoms with Crippen molar-refractivity contribution in [3.63, 3.8) is 0 Å². The van der Waals surface area contributed by atoms with Crippen LogP contribution in [0, 0.1) is 12.7 Å². The van der Waals surface area contributed by atoms with E-state index in [4.69, 9.17) is 0 Å². The second kappa shape index (κ2) is 8.06. The SMILES string of the molecule is Cc1ccc(-n2nc(-c3ccccc3F)cc2C(=O)NCc2ccccn2)cc1. The molecule has 0 bridgehead atoms. The first-order valence-electron chi connectivity index (χ1n) is 9.22. The molecule has 0 saturated carbocycles. The number of carbonyl (C=O) groups excluding carboxylic acids is 1. The second-order valence-electron chi connectivity index (χ2n) is 6.65. The van der Waals surface area contributed by atoms with Crippen LogP contribution in [-0.2, 0) is 6.54 Å². The highest BCUT2D eigenvalue weighted by molar-refractivity contribution is 5.94. The number of hydrogen-bond acceptors (Lipinski definition) is 3. The van der Waals surface area contributed by atoms with Crippen molar-refractivity contribution in [2.45, 2.75) is 13.5 Å². The molecule has 0 atom stereocenters. The first-order valence-corrected chi connectivity index (χ1v) is 9.22. The molecule has 0 aliphatic heterocycles. The van der Waals surface area contributed by atoms with Crippen LogP contribution in [0.2, 0.25) is 0 Å². The molecule has 1 amide bonds. The molecule has 6 heteroatoms. The van der Waals surface area contributed by atoms with Crippen molar-refractivity contribution in [2.24, 2.45) is 0 Å². The van der Waals surface area contributed by atoms with E-state index in [2.05, 4.69) is 15.4 Å². The molecule has 0 aliphatic carbocycles. The summed E-state index contributed by atoms with van der Waals surface area (Å²) in [5.74, 6) is -0.701. The minimum absolute atomic E-state index is 0.285. The fourth-order valence-corrected chi connectivity index (χ4v) is 2.99. The third kappa shape index (κ3) is 4.06. The van der Waals surface area contributed by atoms with Crippen LogP contribution in [0.25, 0.3) is 16.9 Å². The van der Waals surface area contributed by atoms with E-state index in [9.17, 15) is 9.18 Å². The van der Waals surface area contributed by atoms with Gasteiger partial charge in [-0.25, -0.2) is 9.07 Å². The lowest BCUT2D eigenvalue weighted by atomic mass is 10.1. The van der Waals surface area contributed by atoms with Crippen molar-refractivity contribution < 1.29 is 9.18 Å². The number of nitrogens with zero attached hydrogens (tertiary/aromatic N) is 3. The molecule has 2 aromatic carbocycles. The zero-order valence-corrected chi connectivity index (χ0v) is 15.8. The molecule has 5 nitrogen and oxygen atoms in total. The predicted molar refractivity (Wildman–Crippen MR) is 109 cm³/mol. The monoisotopic (exact) mass is 386 g/mol. The fourth-order valence-electron chi connectivity index (χ4n) is 2.99. The zero-order valence-electron chi connectivity index (χ0n) is 15.8. The van der Waals surface area contributed by atoms with Gasteiger partial charge in [0.15, 0.2) is 0 Å². The summed E-state index contributed by atoms with van der Waals surface area (Å²) in [5.41, 5.74) is 3.63. The number of aromatic nitrogens is 3. The Morgan fingerprint density at radius 3 is 2.52 bits per heavy atom. The summed E-state index contributed by atoms with van der Waals surface area (Å²) in [5, 5.41) is 7.38. The van der Waals surface area contributed by atoms with Gasteiger partial charge in [-0.05, 0) is 49.4 Å². The average Bonchev–Trinajstić information content (AvgIpc) is 3.19. The summed E-state index contributed by atoms with van der Waals surface area (Å²) in [6.07, 6.45) is 1.67. The van der Waals surface area contributed by atoms with Gasteiger partial charge in [0, 0.05) is 11.8 Å². The maximum atomic E-state index is 14.3. The predicted octanol–water partition coefficient (Wildman–Crippen LogP) is 4.31. The van der Waals surface area contributed by atoms with Gasteiger partial charge in [-0.3, -0.25) is 9.78 Å². The Bertz CT molecular complexity index is 1140. The van der Waals surface area contributed by atoms with Crippen LogP contribution in [-0.4, -0.2) is 20.7 Å². The molecule has 0 unspecified atom stereocenters. The normalized spacial score (nSPS) is 10.7. The average molecular weight is 386 g/mol. The Labute approximate surface area is 167 Å². The second-order valence-corrected chi connectivity index (χ2v) is 6.65. The number of carbonyl (C=O) groups is 1. The molecule has 0 radical (unpaired) electrons. The summed E-state index contributed by atoms with van der Waals surface area (Å²) >= 11 is 0. The highest BCUT2D eigenvalue weighted by Gasteiger charge is 2.19. The van der Waals surface area contributed by atoms with Gasteiger partial charge in [0.1, 0.15) is 11.5 Å². The van der Waals surface area contributed by atoms with Gasteiger partial charge in [-0.15, -0.1) is 0 Å². The quantitative estimate of drug-likeness (QED) is 0.556. The standard InChI is InChI=1S/C23H19FN4O/c1-16-9-11-18(12-10-16)28-22(23(29)26-15-17-6-4-5-13-25-17)14-21(27-28)19-7-2-3-8-20(19)24/h2-14H,15H2,1H3,(H,26,29). The lowest BCUT2D eigenvalue weighted by Crippen LogP contribution is -2.25. The molecule has 2 aromatic heterocycles. The van der Waals surface area contributed by atoms with Crippen molar-refractivity contribution in [1.29, 1.82) is 0 Å². The van der Waals surface area contributed by atoms with E-state index in [0.717, 1.165) is 16.9 Å². The molecule has 144 valence electrons. The van der Waals surface area contributed by atoms with E-state index in [1.807, 2.05) is 49.4 Å². The molecule has 2 heterocycles. The number of aryl methyl sites for hydroxylation is 1. The number of nitrogens with one attached hydrogen (secondary N) is 1. The van der Waals surface area contributed by atoms with Crippen molar-refractivity contribution in [2.75, 3.05) is 0 Å². The number of amides is 1. The maximum Gasteiger partial charge on any atom is 0.270 e. The summed E-state index contributed by atoms with van der Waals surface area (Å²) in [6.45, 7) is 2.27. The fraction of sp³-hybridized carbons (Fsp3) is 0.0870. The Morgan fingerprint density at radius 2 is 1.79 bits per heavy atom. The van der Waals surface area contributed by atoms with Crippen molar-refractivity contribution in [3.05, 3.63) is 102 Å². The van der Waals surface area contributed by atoms with Crippen LogP contribution in [0.3, 0.4) is 0 Å². The molecular formula is C23H19FN4O. The van der Waals surface area contributed by atoms with Crippen molar-refractivity contribution >= 4 is 5.91 Å². The van der Waals surface area contributed by atoms with Gasteiger partial charge in [0.05, 0.1) is 23.6 Å². The third-order valence-corrected chi connectivity index (χ3v) is 4.53. The van der Waals surface area contributed by atoms with E-state index in [0.29, 0.717) is 17.0 Å².